The molecular formula is C17H17BN4O6. The first-order chi connectivity index (χ1) is 13.6. The number of ether oxygens (including phenoxy) is 1. The van der Waals surface area contributed by atoms with Crippen molar-refractivity contribution in [3.63, 3.8) is 0 Å². The number of hydrogen-bond acceptors (Lipinski definition) is 8. The van der Waals surface area contributed by atoms with Crippen molar-refractivity contribution in [2.75, 3.05) is 13.1 Å². The maximum absolute atomic E-state index is 11.8. The average Bonchev–Trinajstić information content (AvgIpc) is 2.66. The van der Waals surface area contributed by atoms with Crippen molar-refractivity contribution in [2.45, 2.75) is 18.8 Å². The SMILES string of the molecule is O=C(O)c1c(OC2CN(C(=NO)c3ncccn3)C2)ccc2c1OB(O)CC2. The molecular weight excluding hydrogens is 367 g/mol. The van der Waals surface area contributed by atoms with Gasteiger partial charge in [-0.1, -0.05) is 11.2 Å². The Morgan fingerprint density at radius 2 is 2.07 bits per heavy atom. The van der Waals surface area contributed by atoms with Crippen molar-refractivity contribution in [2.24, 2.45) is 5.16 Å². The predicted octanol–water partition coefficient (Wildman–Crippen LogP) is 0.489. The number of fused-ring (bicyclic) bond motifs is 1. The number of likely N-dealkylation sites (tertiary alicyclic amines) is 1. The van der Waals surface area contributed by atoms with Crippen LogP contribution in [-0.2, 0) is 6.42 Å². The molecule has 2 aliphatic heterocycles. The summed E-state index contributed by atoms with van der Waals surface area (Å²) in [5, 5.41) is 31.9. The van der Waals surface area contributed by atoms with Crippen molar-refractivity contribution in [3.05, 3.63) is 47.5 Å². The average molecular weight is 384 g/mol. The van der Waals surface area contributed by atoms with Crippen molar-refractivity contribution >= 4 is 18.9 Å². The lowest BCUT2D eigenvalue weighted by Gasteiger charge is -2.40. The van der Waals surface area contributed by atoms with E-state index >= 15 is 0 Å². The molecule has 0 amide bonds. The summed E-state index contributed by atoms with van der Waals surface area (Å²) in [4.78, 5) is 21.6. The van der Waals surface area contributed by atoms with Gasteiger partial charge in [0.2, 0.25) is 5.84 Å². The normalized spacial score (nSPS) is 16.8. The number of carbonyl (C=O) groups is 1. The smallest absolute Gasteiger partial charge is 0.522 e. The minimum absolute atomic E-state index is 0.0999. The van der Waals surface area contributed by atoms with Crippen LogP contribution in [0.25, 0.3) is 0 Å². The molecule has 1 saturated heterocycles. The van der Waals surface area contributed by atoms with Crippen LogP contribution in [-0.4, -0.2) is 68.3 Å². The lowest BCUT2D eigenvalue weighted by Crippen LogP contribution is -2.56. The van der Waals surface area contributed by atoms with Gasteiger partial charge >= 0.3 is 13.1 Å². The summed E-state index contributed by atoms with van der Waals surface area (Å²) in [5.41, 5.74) is 0.623. The van der Waals surface area contributed by atoms with E-state index in [0.717, 1.165) is 5.56 Å². The van der Waals surface area contributed by atoms with Gasteiger partial charge < -0.3 is 29.6 Å². The van der Waals surface area contributed by atoms with E-state index in [9.17, 15) is 20.1 Å². The number of oxime groups is 1. The lowest BCUT2D eigenvalue weighted by atomic mass is 9.78. The van der Waals surface area contributed by atoms with Gasteiger partial charge in [-0.2, -0.15) is 0 Å². The molecule has 1 fully saturated rings. The van der Waals surface area contributed by atoms with Crippen LogP contribution in [0.4, 0.5) is 0 Å². The first-order valence-electron chi connectivity index (χ1n) is 8.71. The fourth-order valence-electron chi connectivity index (χ4n) is 3.24. The molecule has 3 heterocycles. The second-order valence-corrected chi connectivity index (χ2v) is 6.48. The number of aromatic carboxylic acids is 1. The number of carboxylic acid groups (broad SMARTS) is 1. The molecule has 0 atom stereocenters. The number of rotatable bonds is 4. The summed E-state index contributed by atoms with van der Waals surface area (Å²) in [6.45, 7) is 0.745. The van der Waals surface area contributed by atoms with Gasteiger partial charge in [0.25, 0.3) is 0 Å². The highest BCUT2D eigenvalue weighted by molar-refractivity contribution is 6.44. The van der Waals surface area contributed by atoms with E-state index in [-0.39, 0.29) is 34.8 Å². The Labute approximate surface area is 160 Å². The third kappa shape index (κ3) is 3.31. The Morgan fingerprint density at radius 1 is 1.32 bits per heavy atom. The zero-order chi connectivity index (χ0) is 19.7. The van der Waals surface area contributed by atoms with E-state index in [2.05, 4.69) is 15.1 Å². The zero-order valence-corrected chi connectivity index (χ0v) is 14.7. The fraction of sp³-hybridized carbons (Fsp3) is 0.294. The summed E-state index contributed by atoms with van der Waals surface area (Å²) in [7, 11) is -1.03. The summed E-state index contributed by atoms with van der Waals surface area (Å²) < 4.78 is 11.2. The largest absolute Gasteiger partial charge is 0.535 e. The lowest BCUT2D eigenvalue weighted by molar-refractivity contribution is 0.0586. The van der Waals surface area contributed by atoms with Gasteiger partial charge in [0.05, 0.1) is 13.1 Å². The van der Waals surface area contributed by atoms with Crippen molar-refractivity contribution in [3.8, 4) is 11.5 Å². The zero-order valence-electron chi connectivity index (χ0n) is 14.7. The number of aromatic nitrogens is 2. The molecule has 11 heteroatoms. The third-order valence-electron chi connectivity index (χ3n) is 4.63. The highest BCUT2D eigenvalue weighted by Crippen LogP contribution is 2.37. The van der Waals surface area contributed by atoms with Gasteiger partial charge in [-0.25, -0.2) is 14.8 Å². The Morgan fingerprint density at radius 3 is 2.75 bits per heavy atom. The molecule has 10 nitrogen and oxygen atoms in total. The molecule has 0 radical (unpaired) electrons. The van der Waals surface area contributed by atoms with Crippen LogP contribution in [0.5, 0.6) is 11.5 Å². The van der Waals surface area contributed by atoms with E-state index in [0.29, 0.717) is 25.8 Å². The van der Waals surface area contributed by atoms with E-state index in [1.165, 1.54) is 0 Å². The minimum atomic E-state index is -1.19. The molecule has 0 bridgehead atoms. The third-order valence-corrected chi connectivity index (χ3v) is 4.63. The van der Waals surface area contributed by atoms with Crippen molar-refractivity contribution in [1.82, 2.24) is 14.9 Å². The highest BCUT2D eigenvalue weighted by atomic mass is 16.5. The summed E-state index contributed by atoms with van der Waals surface area (Å²) in [5.74, 6) is -0.368. The molecule has 0 spiro atoms. The molecule has 4 rings (SSSR count). The number of carboxylic acids is 1. The van der Waals surface area contributed by atoms with Crippen molar-refractivity contribution in [1.29, 1.82) is 0 Å². The van der Waals surface area contributed by atoms with Crippen LogP contribution in [0.3, 0.4) is 0 Å². The first-order valence-corrected chi connectivity index (χ1v) is 8.71. The Bertz CT molecular complexity index is 919. The van der Waals surface area contributed by atoms with Gasteiger partial charge in [-0.3, -0.25) is 0 Å². The van der Waals surface area contributed by atoms with E-state index in [1.807, 2.05) is 0 Å². The van der Waals surface area contributed by atoms with Gasteiger partial charge in [-0.15, -0.1) is 0 Å². The summed E-state index contributed by atoms with van der Waals surface area (Å²) in [6.07, 6.45) is 3.71. The Hall–Kier alpha value is -3.34. The van der Waals surface area contributed by atoms with Crippen molar-refractivity contribution < 1.29 is 29.5 Å². The van der Waals surface area contributed by atoms with Crippen LogP contribution >= 0.6 is 0 Å². The molecule has 0 unspecified atom stereocenters. The second-order valence-electron chi connectivity index (χ2n) is 6.48. The standard InChI is InChI=1S/C17H17BN4O6/c23-17(24)13-12(3-2-10-4-5-18(25)28-14(10)13)27-11-8-22(9-11)16(21-26)15-19-6-1-7-20-15/h1-3,6-7,11,25-26H,4-5,8-9H2,(H,23,24). The van der Waals surface area contributed by atoms with E-state index < -0.39 is 13.1 Å². The van der Waals surface area contributed by atoms with Gasteiger partial charge in [0.15, 0.2) is 5.82 Å². The summed E-state index contributed by atoms with van der Waals surface area (Å²) >= 11 is 0. The van der Waals surface area contributed by atoms with E-state index in [4.69, 9.17) is 9.39 Å². The maximum atomic E-state index is 11.8. The quantitative estimate of drug-likeness (QED) is 0.226. The number of amidine groups is 1. The monoisotopic (exact) mass is 384 g/mol. The fourth-order valence-corrected chi connectivity index (χ4v) is 3.24. The molecule has 1 aromatic heterocycles. The van der Waals surface area contributed by atoms with Gasteiger partial charge in [0, 0.05) is 12.4 Å². The van der Waals surface area contributed by atoms with Crippen LogP contribution < -0.4 is 9.39 Å². The topological polar surface area (TPSA) is 138 Å². The first kappa shape index (κ1) is 18.0. The predicted molar refractivity (Wildman–Crippen MR) is 96.9 cm³/mol. The highest BCUT2D eigenvalue weighted by Gasteiger charge is 2.36. The van der Waals surface area contributed by atoms with E-state index in [1.54, 1.807) is 35.5 Å². The van der Waals surface area contributed by atoms with Crippen LogP contribution in [0.1, 0.15) is 21.7 Å². The molecule has 2 aromatic rings. The Kier molecular flexibility index (Phi) is 4.74. The molecule has 0 saturated carbocycles. The van der Waals surface area contributed by atoms with Crippen LogP contribution in [0.2, 0.25) is 6.32 Å². The molecule has 3 N–H and O–H groups in total. The Balaban J connectivity index is 1.49. The number of aryl methyl sites for hydroxylation is 1. The number of benzene rings is 1. The van der Waals surface area contributed by atoms with Crippen LogP contribution in [0.15, 0.2) is 35.7 Å². The number of hydrogen-bond donors (Lipinski definition) is 3. The van der Waals surface area contributed by atoms with Crippen LogP contribution in [0, 0.1) is 0 Å². The molecule has 2 aliphatic rings. The van der Waals surface area contributed by atoms with Gasteiger partial charge in [-0.05, 0) is 30.4 Å². The maximum Gasteiger partial charge on any atom is 0.522 e. The molecule has 144 valence electrons. The molecule has 1 aromatic carbocycles. The number of nitrogens with zero attached hydrogens (tertiary/aromatic N) is 4. The molecule has 28 heavy (non-hydrogen) atoms. The molecule has 0 aliphatic carbocycles. The summed E-state index contributed by atoms with van der Waals surface area (Å²) in [6, 6.07) is 5.01. The second kappa shape index (κ2) is 7.35. The minimum Gasteiger partial charge on any atom is -0.535 e. The van der Waals surface area contributed by atoms with Gasteiger partial charge in [0.1, 0.15) is 23.2 Å².